The van der Waals surface area contributed by atoms with Crippen LogP contribution in [0.5, 0.6) is 0 Å². The van der Waals surface area contributed by atoms with Crippen LogP contribution in [-0.2, 0) is 16.1 Å². The molecule has 1 amide bonds. The molecule has 106 valence electrons. The third kappa shape index (κ3) is 3.97. The van der Waals surface area contributed by atoms with Gasteiger partial charge in [-0.1, -0.05) is 0 Å². The minimum atomic E-state index is -0.367. The zero-order chi connectivity index (χ0) is 13.7. The topological polar surface area (TPSA) is 86.5 Å². The first-order valence-electron chi connectivity index (χ1n) is 6.32. The summed E-state index contributed by atoms with van der Waals surface area (Å²) in [5.74, 6) is 4.69. The van der Waals surface area contributed by atoms with Gasteiger partial charge in [0.1, 0.15) is 0 Å². The molecule has 1 aliphatic rings. The first-order valence-corrected chi connectivity index (χ1v) is 7.20. The first kappa shape index (κ1) is 14.4. The van der Waals surface area contributed by atoms with Crippen LogP contribution in [-0.4, -0.2) is 30.2 Å². The van der Waals surface area contributed by atoms with Crippen molar-refractivity contribution in [2.24, 2.45) is 5.84 Å². The van der Waals surface area contributed by atoms with E-state index in [4.69, 9.17) is 15.3 Å². The van der Waals surface area contributed by atoms with Crippen LogP contribution in [0.4, 0.5) is 0 Å². The number of nitrogens with zero attached hydrogens (tertiary/aromatic N) is 1. The van der Waals surface area contributed by atoms with Crippen LogP contribution in [0.2, 0.25) is 0 Å². The van der Waals surface area contributed by atoms with E-state index in [1.54, 1.807) is 7.11 Å². The Morgan fingerprint density at radius 2 is 2.37 bits per heavy atom. The van der Waals surface area contributed by atoms with Crippen molar-refractivity contribution in [3.05, 3.63) is 16.1 Å². The maximum atomic E-state index is 11.3. The Labute approximate surface area is 116 Å². The van der Waals surface area contributed by atoms with Crippen molar-refractivity contribution >= 4 is 17.2 Å². The fourth-order valence-electron chi connectivity index (χ4n) is 2.21. The molecule has 1 aliphatic carbocycles. The molecular weight excluding hydrogens is 266 g/mol. The summed E-state index contributed by atoms with van der Waals surface area (Å²) < 4.78 is 11.2. The van der Waals surface area contributed by atoms with E-state index < -0.39 is 0 Å². The number of aromatic nitrogens is 1. The SMILES string of the molecule is COC1CCCC(OCc2csc(C(=O)NN)n2)C1. The molecule has 1 aromatic heterocycles. The van der Waals surface area contributed by atoms with Crippen LogP contribution in [0.15, 0.2) is 5.38 Å². The van der Waals surface area contributed by atoms with Crippen molar-refractivity contribution in [2.75, 3.05) is 7.11 Å². The number of carbonyl (C=O) groups is 1. The summed E-state index contributed by atoms with van der Waals surface area (Å²) in [6, 6.07) is 0. The maximum absolute atomic E-state index is 11.3. The predicted octanol–water partition coefficient (Wildman–Crippen LogP) is 1.22. The highest BCUT2D eigenvalue weighted by Gasteiger charge is 2.22. The van der Waals surface area contributed by atoms with Gasteiger partial charge in [-0.25, -0.2) is 10.8 Å². The predicted molar refractivity (Wildman–Crippen MR) is 71.6 cm³/mol. The summed E-state index contributed by atoms with van der Waals surface area (Å²) in [5, 5.41) is 2.18. The minimum absolute atomic E-state index is 0.215. The van der Waals surface area contributed by atoms with E-state index in [1.165, 1.54) is 11.3 Å². The summed E-state index contributed by atoms with van der Waals surface area (Å²) in [5.41, 5.74) is 2.83. The van der Waals surface area contributed by atoms with Crippen LogP contribution in [0.1, 0.15) is 41.2 Å². The second kappa shape index (κ2) is 6.95. The van der Waals surface area contributed by atoms with Crippen molar-refractivity contribution in [3.63, 3.8) is 0 Å². The van der Waals surface area contributed by atoms with Gasteiger partial charge in [0.15, 0.2) is 5.01 Å². The van der Waals surface area contributed by atoms with Crippen molar-refractivity contribution in [3.8, 4) is 0 Å². The fourth-order valence-corrected chi connectivity index (χ4v) is 2.91. The molecule has 2 unspecified atom stereocenters. The lowest BCUT2D eigenvalue weighted by molar-refractivity contribution is -0.0370. The maximum Gasteiger partial charge on any atom is 0.294 e. The number of rotatable bonds is 5. The number of amides is 1. The third-order valence-electron chi connectivity index (χ3n) is 3.26. The fraction of sp³-hybridized carbons (Fsp3) is 0.667. The quantitative estimate of drug-likeness (QED) is 0.482. The van der Waals surface area contributed by atoms with E-state index in [0.717, 1.165) is 31.4 Å². The zero-order valence-corrected chi connectivity index (χ0v) is 11.7. The molecule has 19 heavy (non-hydrogen) atoms. The van der Waals surface area contributed by atoms with Crippen LogP contribution in [0, 0.1) is 0 Å². The molecule has 0 aromatic carbocycles. The summed E-state index contributed by atoms with van der Waals surface area (Å²) in [7, 11) is 1.74. The lowest BCUT2D eigenvalue weighted by atomic mass is 9.95. The first-order chi connectivity index (χ1) is 9.22. The number of nitrogen functional groups attached to an aromatic ring is 1. The number of thiazole rings is 1. The van der Waals surface area contributed by atoms with Gasteiger partial charge in [-0.05, 0) is 25.7 Å². The number of hydrazine groups is 1. The summed E-state index contributed by atoms with van der Waals surface area (Å²) in [6.07, 6.45) is 4.73. The van der Waals surface area contributed by atoms with E-state index in [9.17, 15) is 4.79 Å². The Bertz CT molecular complexity index is 424. The second-order valence-corrected chi connectivity index (χ2v) is 5.43. The lowest BCUT2D eigenvalue weighted by Crippen LogP contribution is -2.30. The molecule has 1 heterocycles. The monoisotopic (exact) mass is 285 g/mol. The van der Waals surface area contributed by atoms with E-state index >= 15 is 0 Å². The standard InChI is InChI=1S/C12H19N3O3S/c1-17-9-3-2-4-10(5-9)18-6-8-7-19-12(14-8)11(16)15-13/h7,9-10H,2-6,13H2,1H3,(H,15,16). The van der Waals surface area contributed by atoms with Crippen LogP contribution >= 0.6 is 11.3 Å². The number of nitrogens with two attached hydrogens (primary N) is 1. The Morgan fingerprint density at radius 1 is 1.58 bits per heavy atom. The highest BCUT2D eigenvalue weighted by atomic mass is 32.1. The minimum Gasteiger partial charge on any atom is -0.381 e. The van der Waals surface area contributed by atoms with E-state index in [0.29, 0.717) is 17.7 Å². The Morgan fingerprint density at radius 3 is 3.11 bits per heavy atom. The van der Waals surface area contributed by atoms with Gasteiger partial charge >= 0.3 is 0 Å². The summed E-state index contributed by atoms with van der Waals surface area (Å²) in [6.45, 7) is 0.426. The van der Waals surface area contributed by atoms with Gasteiger partial charge in [0.05, 0.1) is 24.5 Å². The van der Waals surface area contributed by atoms with Gasteiger partial charge < -0.3 is 9.47 Å². The van der Waals surface area contributed by atoms with E-state index in [1.807, 2.05) is 5.38 Å². The zero-order valence-electron chi connectivity index (χ0n) is 10.9. The number of carbonyl (C=O) groups excluding carboxylic acids is 1. The number of hydrogen-bond acceptors (Lipinski definition) is 6. The van der Waals surface area contributed by atoms with Crippen LogP contribution in [0.3, 0.4) is 0 Å². The molecule has 0 radical (unpaired) electrons. The normalized spacial score (nSPS) is 23.3. The average molecular weight is 285 g/mol. The molecular formula is C12H19N3O3S. The van der Waals surface area contributed by atoms with Gasteiger partial charge in [0.25, 0.3) is 5.91 Å². The van der Waals surface area contributed by atoms with E-state index in [-0.39, 0.29) is 12.0 Å². The number of ether oxygens (including phenoxy) is 2. The van der Waals surface area contributed by atoms with E-state index in [2.05, 4.69) is 10.4 Å². The highest BCUT2D eigenvalue weighted by Crippen LogP contribution is 2.24. The molecule has 2 atom stereocenters. The molecule has 6 nitrogen and oxygen atoms in total. The van der Waals surface area contributed by atoms with Crippen molar-refractivity contribution < 1.29 is 14.3 Å². The molecule has 1 saturated carbocycles. The summed E-state index contributed by atoms with van der Waals surface area (Å²) >= 11 is 1.27. The van der Waals surface area contributed by atoms with Gasteiger partial charge in [-0.15, -0.1) is 11.3 Å². The average Bonchev–Trinajstić information content (AvgIpc) is 2.93. The molecule has 1 fully saturated rings. The van der Waals surface area contributed by atoms with Gasteiger partial charge in [0.2, 0.25) is 0 Å². The van der Waals surface area contributed by atoms with Gasteiger partial charge in [0, 0.05) is 12.5 Å². The molecule has 0 aliphatic heterocycles. The van der Waals surface area contributed by atoms with Gasteiger partial charge in [-0.3, -0.25) is 10.2 Å². The number of hydrogen-bond donors (Lipinski definition) is 2. The lowest BCUT2D eigenvalue weighted by Gasteiger charge is -2.27. The highest BCUT2D eigenvalue weighted by molar-refractivity contribution is 7.11. The Hall–Kier alpha value is -1.02. The molecule has 0 saturated heterocycles. The molecule has 0 bridgehead atoms. The molecule has 1 aromatic rings. The third-order valence-corrected chi connectivity index (χ3v) is 4.15. The van der Waals surface area contributed by atoms with Gasteiger partial charge in [-0.2, -0.15) is 0 Å². The second-order valence-electron chi connectivity index (χ2n) is 4.57. The molecule has 3 N–H and O–H groups in total. The van der Waals surface area contributed by atoms with Crippen LogP contribution in [0.25, 0.3) is 0 Å². The Kier molecular flexibility index (Phi) is 5.26. The number of methoxy groups -OCH3 is 1. The summed E-state index contributed by atoms with van der Waals surface area (Å²) in [4.78, 5) is 15.4. The Balaban J connectivity index is 1.81. The number of nitrogens with one attached hydrogen (secondary N) is 1. The molecule has 0 spiro atoms. The van der Waals surface area contributed by atoms with Crippen molar-refractivity contribution in [2.45, 2.75) is 44.5 Å². The smallest absolute Gasteiger partial charge is 0.294 e. The molecule has 2 rings (SSSR count). The largest absolute Gasteiger partial charge is 0.381 e. The van der Waals surface area contributed by atoms with Crippen LogP contribution < -0.4 is 11.3 Å². The van der Waals surface area contributed by atoms with Crippen molar-refractivity contribution in [1.29, 1.82) is 0 Å². The molecule has 7 heteroatoms. The van der Waals surface area contributed by atoms with Crippen molar-refractivity contribution in [1.82, 2.24) is 10.4 Å².